The molecule has 3 heterocycles. The van der Waals surface area contributed by atoms with Crippen LogP contribution in [-0.4, -0.2) is 29.9 Å². The molecule has 254 valence electrons. The first-order valence-electron chi connectivity index (χ1n) is 17.7. The Morgan fingerprint density at radius 3 is 1.06 bits per heavy atom. The summed E-state index contributed by atoms with van der Waals surface area (Å²) in [5, 5.41) is 0. The molecule has 0 fully saturated rings. The van der Waals surface area contributed by atoms with Crippen LogP contribution >= 0.6 is 0 Å². The van der Waals surface area contributed by atoms with E-state index in [0.29, 0.717) is 5.82 Å². The van der Waals surface area contributed by atoms with Gasteiger partial charge in [0.1, 0.15) is 12.7 Å². The van der Waals surface area contributed by atoms with E-state index in [9.17, 15) is 0 Å². The predicted molar refractivity (Wildman–Crippen MR) is 217 cm³/mol. The Hall–Kier alpha value is -7.44. The van der Waals surface area contributed by atoms with Crippen LogP contribution < -0.4 is 0 Å². The fourth-order valence-electron chi connectivity index (χ4n) is 6.82. The largest absolute Gasteiger partial charge is 0.244 e. The highest BCUT2D eigenvalue weighted by Crippen LogP contribution is 2.42. The fraction of sp³-hybridized carbons (Fsp3) is 0. The van der Waals surface area contributed by atoms with Crippen LogP contribution in [0.15, 0.2) is 195 Å². The van der Waals surface area contributed by atoms with Gasteiger partial charge in [0.2, 0.25) is 0 Å². The van der Waals surface area contributed by atoms with Crippen molar-refractivity contribution in [2.75, 3.05) is 0 Å². The van der Waals surface area contributed by atoms with Gasteiger partial charge in [-0.15, -0.1) is 0 Å². The van der Waals surface area contributed by atoms with E-state index in [2.05, 4.69) is 159 Å². The van der Waals surface area contributed by atoms with Gasteiger partial charge in [0.05, 0.1) is 11.4 Å². The molecule has 0 saturated carbocycles. The number of nitrogens with zero attached hydrogens (tertiary/aromatic N) is 6. The van der Waals surface area contributed by atoms with E-state index < -0.39 is 0 Å². The van der Waals surface area contributed by atoms with Gasteiger partial charge in [0.15, 0.2) is 5.82 Å². The third-order valence-corrected chi connectivity index (χ3v) is 9.46. The van der Waals surface area contributed by atoms with Gasteiger partial charge >= 0.3 is 0 Å². The molecular weight excluding hydrogens is 661 g/mol. The lowest BCUT2D eigenvalue weighted by molar-refractivity contribution is 1.17. The van der Waals surface area contributed by atoms with E-state index in [0.717, 1.165) is 83.7 Å². The molecule has 0 unspecified atom stereocenters. The Labute approximate surface area is 313 Å². The molecule has 0 saturated heterocycles. The molecule has 0 atom stereocenters. The lowest BCUT2D eigenvalue weighted by Crippen LogP contribution is -2.01. The highest BCUT2D eigenvalue weighted by atomic mass is 14.9. The average Bonchev–Trinajstić information content (AvgIpc) is 3.27. The van der Waals surface area contributed by atoms with Crippen molar-refractivity contribution in [1.82, 2.24) is 29.9 Å². The Kier molecular flexibility index (Phi) is 8.81. The Bertz CT molecular complexity index is 2600. The molecule has 0 amide bonds. The first-order valence-corrected chi connectivity index (χ1v) is 17.7. The highest BCUT2D eigenvalue weighted by Gasteiger charge is 2.22. The minimum Gasteiger partial charge on any atom is -0.244 e. The summed E-state index contributed by atoms with van der Waals surface area (Å²) < 4.78 is 0. The molecular formula is C48H32N6. The van der Waals surface area contributed by atoms with Gasteiger partial charge < -0.3 is 0 Å². The number of benzene rings is 6. The van der Waals surface area contributed by atoms with E-state index in [4.69, 9.17) is 9.97 Å². The molecule has 9 aromatic rings. The van der Waals surface area contributed by atoms with E-state index in [1.165, 1.54) is 0 Å². The minimum absolute atomic E-state index is 0.616. The van der Waals surface area contributed by atoms with Gasteiger partial charge in [0, 0.05) is 58.2 Å². The van der Waals surface area contributed by atoms with Gasteiger partial charge in [-0.1, -0.05) is 133 Å². The number of hydrogen-bond donors (Lipinski definition) is 0. The Morgan fingerprint density at radius 2 is 0.593 bits per heavy atom. The van der Waals surface area contributed by atoms with E-state index in [1.807, 2.05) is 43.0 Å². The molecule has 0 aliphatic carbocycles. The first kappa shape index (κ1) is 32.5. The van der Waals surface area contributed by atoms with Crippen LogP contribution in [0.3, 0.4) is 0 Å². The fourth-order valence-corrected chi connectivity index (χ4v) is 6.82. The van der Waals surface area contributed by atoms with E-state index in [-0.39, 0.29) is 0 Å². The summed E-state index contributed by atoms with van der Waals surface area (Å²) in [5.41, 5.74) is 14.7. The maximum atomic E-state index is 5.46. The summed E-state index contributed by atoms with van der Waals surface area (Å²) in [6.07, 6.45) is 10.4. The number of hydrogen-bond acceptors (Lipinski definition) is 6. The van der Waals surface area contributed by atoms with Crippen molar-refractivity contribution in [3.05, 3.63) is 195 Å². The Balaban J connectivity index is 1.33. The molecule has 3 aromatic heterocycles. The van der Waals surface area contributed by atoms with Gasteiger partial charge in [-0.25, -0.2) is 29.9 Å². The van der Waals surface area contributed by atoms with Crippen molar-refractivity contribution in [3.8, 4) is 89.5 Å². The minimum atomic E-state index is 0.616. The third kappa shape index (κ3) is 6.67. The summed E-state index contributed by atoms with van der Waals surface area (Å²) in [6.45, 7) is 0. The van der Waals surface area contributed by atoms with Crippen molar-refractivity contribution in [2.45, 2.75) is 0 Å². The summed E-state index contributed by atoms with van der Waals surface area (Å²) in [4.78, 5) is 28.0. The van der Waals surface area contributed by atoms with Crippen LogP contribution in [0.2, 0.25) is 0 Å². The van der Waals surface area contributed by atoms with Crippen molar-refractivity contribution < 1.29 is 0 Å². The second kappa shape index (κ2) is 14.7. The zero-order valence-electron chi connectivity index (χ0n) is 29.2. The van der Waals surface area contributed by atoms with Crippen molar-refractivity contribution in [2.24, 2.45) is 0 Å². The van der Waals surface area contributed by atoms with E-state index >= 15 is 0 Å². The molecule has 54 heavy (non-hydrogen) atoms. The van der Waals surface area contributed by atoms with Gasteiger partial charge in [-0.3, -0.25) is 0 Å². The van der Waals surface area contributed by atoms with Crippen LogP contribution in [0.25, 0.3) is 89.5 Å². The summed E-state index contributed by atoms with van der Waals surface area (Å²) in [7, 11) is 0. The average molecular weight is 693 g/mol. The second-order valence-corrected chi connectivity index (χ2v) is 12.9. The first-order chi connectivity index (χ1) is 26.8. The quantitative estimate of drug-likeness (QED) is 0.158. The monoisotopic (exact) mass is 692 g/mol. The SMILES string of the molecule is c1ccc(-c2cccc(-c3nc(-c4cccc(-c5cncnc5)c4)nc(-c4cccc(-c5ccccc5)c4)c3-c3cccc(-c4cncnc4)c3)c2)cc1. The summed E-state index contributed by atoms with van der Waals surface area (Å²) >= 11 is 0. The maximum Gasteiger partial charge on any atom is 0.160 e. The molecule has 0 bridgehead atoms. The molecule has 6 aromatic carbocycles. The summed E-state index contributed by atoms with van der Waals surface area (Å²) in [5.74, 6) is 0.616. The van der Waals surface area contributed by atoms with Crippen LogP contribution in [0.5, 0.6) is 0 Å². The van der Waals surface area contributed by atoms with Gasteiger partial charge in [-0.05, 0) is 63.2 Å². The molecule has 0 aliphatic rings. The molecule has 0 N–H and O–H groups in total. The Morgan fingerprint density at radius 1 is 0.259 bits per heavy atom. The molecule has 6 heteroatoms. The van der Waals surface area contributed by atoms with Gasteiger partial charge in [-0.2, -0.15) is 0 Å². The van der Waals surface area contributed by atoms with Crippen LogP contribution in [0.1, 0.15) is 0 Å². The lowest BCUT2D eigenvalue weighted by atomic mass is 9.90. The molecule has 9 rings (SSSR count). The van der Waals surface area contributed by atoms with Crippen LogP contribution in [-0.2, 0) is 0 Å². The third-order valence-electron chi connectivity index (χ3n) is 9.46. The molecule has 6 nitrogen and oxygen atoms in total. The standard InChI is InChI=1S/C48H32N6/c1-3-11-33(12-4-1)35-15-8-20-40(24-35)46-45(39-19-7-17-37(23-39)43-27-49-31-50-28-43)47(41-21-9-16-36(25-41)34-13-5-2-6-14-34)54-48(53-46)42-22-10-18-38(26-42)44-29-51-32-52-30-44/h1-32H. The highest BCUT2D eigenvalue weighted by molar-refractivity contribution is 5.94. The topological polar surface area (TPSA) is 77.3 Å². The lowest BCUT2D eigenvalue weighted by Gasteiger charge is -2.19. The van der Waals surface area contributed by atoms with Crippen LogP contribution in [0.4, 0.5) is 0 Å². The smallest absolute Gasteiger partial charge is 0.160 e. The maximum absolute atomic E-state index is 5.46. The zero-order valence-corrected chi connectivity index (χ0v) is 29.2. The second-order valence-electron chi connectivity index (χ2n) is 12.9. The number of aromatic nitrogens is 6. The molecule has 0 aliphatic heterocycles. The van der Waals surface area contributed by atoms with Crippen molar-refractivity contribution in [3.63, 3.8) is 0 Å². The zero-order chi connectivity index (χ0) is 36.1. The normalized spacial score (nSPS) is 11.0. The van der Waals surface area contributed by atoms with Crippen LogP contribution in [0, 0.1) is 0 Å². The number of rotatable bonds is 8. The summed E-state index contributed by atoms with van der Waals surface area (Å²) in [6, 6.07) is 54.9. The van der Waals surface area contributed by atoms with E-state index in [1.54, 1.807) is 12.7 Å². The molecule has 0 radical (unpaired) electrons. The van der Waals surface area contributed by atoms with Gasteiger partial charge in [0.25, 0.3) is 0 Å². The van der Waals surface area contributed by atoms with Crippen molar-refractivity contribution in [1.29, 1.82) is 0 Å². The van der Waals surface area contributed by atoms with Crippen molar-refractivity contribution >= 4 is 0 Å². The molecule has 0 spiro atoms. The predicted octanol–water partition coefficient (Wildman–Crippen LogP) is 11.4.